The maximum Gasteiger partial charge on any atom is 0.307 e. The van der Waals surface area contributed by atoms with Gasteiger partial charge in [0.15, 0.2) is 0 Å². The van der Waals surface area contributed by atoms with Crippen LogP contribution in [0.3, 0.4) is 0 Å². The Morgan fingerprint density at radius 1 is 1.39 bits per heavy atom. The minimum absolute atomic E-state index is 0.0575. The number of rotatable bonds is 4. The van der Waals surface area contributed by atoms with Gasteiger partial charge in [-0.05, 0) is 32.8 Å². The van der Waals surface area contributed by atoms with Crippen molar-refractivity contribution < 1.29 is 23.2 Å². The van der Waals surface area contributed by atoms with Gasteiger partial charge in [0.2, 0.25) is 10.0 Å². The second-order valence-electron chi connectivity index (χ2n) is 5.69. The first-order chi connectivity index (χ1) is 10.7. The normalized spacial score (nSPS) is 22.7. The van der Waals surface area contributed by atoms with Crippen molar-refractivity contribution in [2.24, 2.45) is 5.92 Å². The summed E-state index contributed by atoms with van der Waals surface area (Å²) in [6, 6.07) is 3.53. The summed E-state index contributed by atoms with van der Waals surface area (Å²) in [6.45, 7) is 2.97. The first-order valence-electron chi connectivity index (χ1n) is 7.15. The Morgan fingerprint density at radius 2 is 2.04 bits per heavy atom. The Hall–Kier alpha value is -2.00. The number of nitro benzene ring substituents is 1. The minimum atomic E-state index is -4.00. The number of piperidine rings is 1. The number of carbonyl (C=O) groups is 1. The molecule has 2 unspecified atom stereocenters. The molecule has 1 saturated heterocycles. The number of nitrogens with zero attached hydrogens (tertiary/aromatic N) is 2. The van der Waals surface area contributed by atoms with Crippen molar-refractivity contribution in [2.45, 2.75) is 37.6 Å². The van der Waals surface area contributed by atoms with Gasteiger partial charge >= 0.3 is 5.97 Å². The van der Waals surface area contributed by atoms with Crippen LogP contribution in [0.1, 0.15) is 25.3 Å². The monoisotopic (exact) mass is 342 g/mol. The van der Waals surface area contributed by atoms with Gasteiger partial charge in [-0.1, -0.05) is 6.07 Å². The van der Waals surface area contributed by atoms with E-state index in [0.717, 1.165) is 4.31 Å². The van der Waals surface area contributed by atoms with E-state index < -0.39 is 26.8 Å². The predicted molar refractivity (Wildman–Crippen MR) is 81.5 cm³/mol. The minimum Gasteiger partial charge on any atom is -0.481 e. The van der Waals surface area contributed by atoms with Crippen LogP contribution in [0.2, 0.25) is 0 Å². The molecule has 0 spiro atoms. The molecule has 0 aliphatic carbocycles. The van der Waals surface area contributed by atoms with E-state index in [1.54, 1.807) is 6.92 Å². The molecule has 1 N–H and O–H groups in total. The van der Waals surface area contributed by atoms with E-state index in [4.69, 9.17) is 5.11 Å². The molecule has 1 aliphatic heterocycles. The molecule has 2 rings (SSSR count). The molecule has 23 heavy (non-hydrogen) atoms. The standard InChI is InChI=1S/C14H18N2O6S/c1-9-6-7-11(14(17)18)8-15(9)23(21,22)13-5-3-4-12(10(13)2)16(19)20/h3-5,9,11H,6-8H2,1-2H3,(H,17,18). The van der Waals surface area contributed by atoms with Gasteiger partial charge in [-0.15, -0.1) is 0 Å². The highest BCUT2D eigenvalue weighted by Gasteiger charge is 2.38. The molecule has 9 heteroatoms. The van der Waals surface area contributed by atoms with Gasteiger partial charge in [-0.2, -0.15) is 4.31 Å². The first kappa shape index (κ1) is 17.4. The Morgan fingerprint density at radius 3 is 2.61 bits per heavy atom. The van der Waals surface area contributed by atoms with Crippen LogP contribution in [0.15, 0.2) is 23.1 Å². The van der Waals surface area contributed by atoms with Gasteiger partial charge in [-0.25, -0.2) is 8.42 Å². The highest BCUT2D eigenvalue weighted by Crippen LogP contribution is 2.32. The van der Waals surface area contributed by atoms with Crippen LogP contribution in [-0.2, 0) is 14.8 Å². The number of sulfonamides is 1. The largest absolute Gasteiger partial charge is 0.481 e. The number of benzene rings is 1. The third-order valence-electron chi connectivity index (χ3n) is 4.21. The van der Waals surface area contributed by atoms with E-state index in [1.165, 1.54) is 25.1 Å². The fourth-order valence-electron chi connectivity index (χ4n) is 2.82. The molecule has 1 aromatic carbocycles. The summed E-state index contributed by atoms with van der Waals surface area (Å²) in [4.78, 5) is 21.4. The molecule has 0 saturated carbocycles. The molecule has 2 atom stereocenters. The summed E-state index contributed by atoms with van der Waals surface area (Å²) >= 11 is 0. The lowest BCUT2D eigenvalue weighted by molar-refractivity contribution is -0.385. The molecular weight excluding hydrogens is 324 g/mol. The van der Waals surface area contributed by atoms with Crippen molar-refractivity contribution in [2.75, 3.05) is 6.54 Å². The van der Waals surface area contributed by atoms with E-state index >= 15 is 0 Å². The number of nitro groups is 1. The molecule has 1 heterocycles. The van der Waals surface area contributed by atoms with E-state index in [0.29, 0.717) is 12.8 Å². The van der Waals surface area contributed by atoms with Crippen LogP contribution in [0.4, 0.5) is 5.69 Å². The third-order valence-corrected chi connectivity index (χ3v) is 6.34. The number of hydrogen-bond donors (Lipinski definition) is 1. The second-order valence-corrected chi connectivity index (χ2v) is 7.55. The molecule has 8 nitrogen and oxygen atoms in total. The predicted octanol–water partition coefficient (Wildman–Crippen LogP) is 1.78. The molecule has 0 radical (unpaired) electrons. The van der Waals surface area contributed by atoms with Gasteiger partial charge in [0.05, 0.1) is 15.7 Å². The SMILES string of the molecule is Cc1c([N+](=O)[O-])cccc1S(=O)(=O)N1CC(C(=O)O)CCC1C. The van der Waals surface area contributed by atoms with Crippen LogP contribution in [-0.4, -0.2) is 41.3 Å². The van der Waals surface area contributed by atoms with Crippen molar-refractivity contribution in [3.05, 3.63) is 33.9 Å². The topological polar surface area (TPSA) is 118 Å². The lowest BCUT2D eigenvalue weighted by Crippen LogP contribution is -2.47. The maximum atomic E-state index is 12.9. The summed E-state index contributed by atoms with van der Waals surface area (Å²) in [5.41, 5.74) is -0.215. The molecule has 1 aromatic rings. The Labute approximate surface area is 133 Å². The van der Waals surface area contributed by atoms with Gasteiger partial charge in [0.1, 0.15) is 0 Å². The third kappa shape index (κ3) is 3.20. The van der Waals surface area contributed by atoms with Crippen LogP contribution in [0.5, 0.6) is 0 Å². The summed E-state index contributed by atoms with van der Waals surface area (Å²) in [6.07, 6.45) is 0.848. The highest BCUT2D eigenvalue weighted by molar-refractivity contribution is 7.89. The van der Waals surface area contributed by atoms with E-state index in [-0.39, 0.29) is 28.7 Å². The number of carboxylic acids is 1. The zero-order valence-electron chi connectivity index (χ0n) is 12.8. The van der Waals surface area contributed by atoms with Crippen molar-refractivity contribution in [1.82, 2.24) is 4.31 Å². The molecule has 0 amide bonds. The Bertz CT molecular complexity index is 746. The van der Waals surface area contributed by atoms with Crippen LogP contribution in [0.25, 0.3) is 0 Å². The van der Waals surface area contributed by atoms with Crippen molar-refractivity contribution in [1.29, 1.82) is 0 Å². The second kappa shape index (κ2) is 6.25. The van der Waals surface area contributed by atoms with Crippen molar-refractivity contribution >= 4 is 21.7 Å². The van der Waals surface area contributed by atoms with E-state index in [1.807, 2.05) is 0 Å². The fraction of sp³-hybridized carbons (Fsp3) is 0.500. The zero-order chi connectivity index (χ0) is 17.4. The van der Waals surface area contributed by atoms with Gasteiger partial charge in [0.25, 0.3) is 5.69 Å². The Kier molecular flexibility index (Phi) is 4.71. The quantitative estimate of drug-likeness (QED) is 0.658. The van der Waals surface area contributed by atoms with Gasteiger partial charge in [0, 0.05) is 24.2 Å². The van der Waals surface area contributed by atoms with Crippen LogP contribution < -0.4 is 0 Å². The maximum absolute atomic E-state index is 12.9. The summed E-state index contributed by atoms with van der Waals surface area (Å²) in [5.74, 6) is -1.80. The lowest BCUT2D eigenvalue weighted by Gasteiger charge is -2.35. The fourth-order valence-corrected chi connectivity index (χ4v) is 4.77. The van der Waals surface area contributed by atoms with Crippen molar-refractivity contribution in [3.63, 3.8) is 0 Å². The average molecular weight is 342 g/mol. The lowest BCUT2D eigenvalue weighted by atomic mass is 9.96. The molecule has 126 valence electrons. The highest BCUT2D eigenvalue weighted by atomic mass is 32.2. The zero-order valence-corrected chi connectivity index (χ0v) is 13.6. The number of hydrogen-bond acceptors (Lipinski definition) is 5. The summed E-state index contributed by atoms with van der Waals surface area (Å²) in [5, 5.41) is 20.1. The van der Waals surface area contributed by atoms with E-state index in [9.17, 15) is 23.3 Å². The van der Waals surface area contributed by atoms with E-state index in [2.05, 4.69) is 0 Å². The molecule has 0 bridgehead atoms. The number of carboxylic acid groups (broad SMARTS) is 1. The molecule has 1 fully saturated rings. The summed E-state index contributed by atoms with van der Waals surface area (Å²) < 4.78 is 26.9. The first-order valence-corrected chi connectivity index (χ1v) is 8.59. The van der Waals surface area contributed by atoms with Crippen molar-refractivity contribution in [3.8, 4) is 0 Å². The van der Waals surface area contributed by atoms with Gasteiger partial charge in [-0.3, -0.25) is 14.9 Å². The average Bonchev–Trinajstić information content (AvgIpc) is 2.46. The number of aliphatic carboxylic acids is 1. The van der Waals surface area contributed by atoms with Crippen LogP contribution >= 0.6 is 0 Å². The molecule has 1 aliphatic rings. The van der Waals surface area contributed by atoms with Crippen LogP contribution in [0, 0.1) is 23.0 Å². The molecule has 0 aromatic heterocycles. The Balaban J connectivity index is 2.47. The smallest absolute Gasteiger partial charge is 0.307 e. The molecular formula is C14H18N2O6S. The summed E-state index contributed by atoms with van der Waals surface area (Å²) in [7, 11) is -4.00. The van der Waals surface area contributed by atoms with Gasteiger partial charge < -0.3 is 5.11 Å².